The number of rotatable bonds is 1. The molecule has 3 heterocycles. The van der Waals surface area contributed by atoms with Gasteiger partial charge in [-0.15, -0.1) is 0 Å². The van der Waals surface area contributed by atoms with E-state index in [0.717, 1.165) is 42.8 Å². The number of benzene rings is 1. The SMILES string of the molecule is C[C@@H]1Cc2c(C(=O)N3CCCc4ccccc43)n[nH]c2[C@H](C)O1. The molecule has 1 N–H and O–H groups in total. The molecule has 4 rings (SSSR count). The van der Waals surface area contributed by atoms with Crippen molar-refractivity contribution < 1.29 is 9.53 Å². The minimum Gasteiger partial charge on any atom is -0.369 e. The van der Waals surface area contributed by atoms with Crippen molar-refractivity contribution in [1.82, 2.24) is 10.2 Å². The fourth-order valence-corrected chi connectivity index (χ4v) is 3.72. The number of carbonyl (C=O) groups excluding carboxylic acids is 1. The smallest absolute Gasteiger partial charge is 0.279 e. The number of para-hydroxylation sites is 1. The molecule has 2 aliphatic rings. The molecule has 2 aliphatic heterocycles. The van der Waals surface area contributed by atoms with Crippen molar-refractivity contribution in [1.29, 1.82) is 0 Å². The number of carbonyl (C=O) groups is 1. The zero-order chi connectivity index (χ0) is 16.0. The highest BCUT2D eigenvalue weighted by Crippen LogP contribution is 2.33. The quantitative estimate of drug-likeness (QED) is 0.880. The molecule has 5 heteroatoms. The van der Waals surface area contributed by atoms with E-state index in [1.54, 1.807) is 0 Å². The summed E-state index contributed by atoms with van der Waals surface area (Å²) in [5.74, 6) is -0.00375. The van der Waals surface area contributed by atoms with Gasteiger partial charge in [0.25, 0.3) is 5.91 Å². The second-order valence-corrected chi connectivity index (χ2v) is 6.45. The van der Waals surface area contributed by atoms with Crippen LogP contribution in [0.3, 0.4) is 0 Å². The van der Waals surface area contributed by atoms with Crippen molar-refractivity contribution in [2.75, 3.05) is 11.4 Å². The largest absolute Gasteiger partial charge is 0.369 e. The Bertz CT molecular complexity index is 752. The lowest BCUT2D eigenvalue weighted by atomic mass is 9.97. The first-order chi connectivity index (χ1) is 11.1. The summed E-state index contributed by atoms with van der Waals surface area (Å²) in [6.45, 7) is 4.78. The number of nitrogens with one attached hydrogen (secondary N) is 1. The van der Waals surface area contributed by atoms with Gasteiger partial charge in [-0.05, 0) is 38.3 Å². The van der Waals surface area contributed by atoms with E-state index in [4.69, 9.17) is 4.74 Å². The number of H-pyrrole nitrogens is 1. The molecular weight excluding hydrogens is 290 g/mol. The van der Waals surface area contributed by atoms with Gasteiger partial charge < -0.3 is 9.64 Å². The van der Waals surface area contributed by atoms with E-state index in [1.165, 1.54) is 5.56 Å². The summed E-state index contributed by atoms with van der Waals surface area (Å²) in [4.78, 5) is 15.0. The summed E-state index contributed by atoms with van der Waals surface area (Å²) in [7, 11) is 0. The first-order valence-electron chi connectivity index (χ1n) is 8.27. The number of hydrogen-bond acceptors (Lipinski definition) is 3. The van der Waals surface area contributed by atoms with E-state index in [1.807, 2.05) is 36.9 Å². The summed E-state index contributed by atoms with van der Waals surface area (Å²) < 4.78 is 5.81. The molecule has 1 amide bonds. The highest BCUT2D eigenvalue weighted by Gasteiger charge is 2.32. The van der Waals surface area contributed by atoms with Crippen LogP contribution in [0, 0.1) is 0 Å². The third-order valence-electron chi connectivity index (χ3n) is 4.79. The molecule has 1 aromatic carbocycles. The zero-order valence-electron chi connectivity index (χ0n) is 13.5. The number of anilines is 1. The fourth-order valence-electron chi connectivity index (χ4n) is 3.72. The molecule has 0 unspecified atom stereocenters. The lowest BCUT2D eigenvalue weighted by molar-refractivity contribution is -0.00696. The van der Waals surface area contributed by atoms with E-state index < -0.39 is 0 Å². The number of amides is 1. The van der Waals surface area contributed by atoms with Gasteiger partial charge in [0, 0.05) is 24.2 Å². The lowest BCUT2D eigenvalue weighted by Gasteiger charge is -2.30. The third kappa shape index (κ3) is 2.36. The second kappa shape index (κ2) is 5.49. The zero-order valence-corrected chi connectivity index (χ0v) is 13.5. The maximum absolute atomic E-state index is 13.1. The lowest BCUT2D eigenvalue weighted by Crippen LogP contribution is -2.36. The number of aromatic nitrogens is 2. The van der Waals surface area contributed by atoms with Crippen molar-refractivity contribution in [2.24, 2.45) is 0 Å². The minimum atomic E-state index is -0.0450. The average Bonchev–Trinajstić information content (AvgIpc) is 2.97. The highest BCUT2D eigenvalue weighted by atomic mass is 16.5. The van der Waals surface area contributed by atoms with Crippen molar-refractivity contribution in [3.8, 4) is 0 Å². The predicted molar refractivity (Wildman–Crippen MR) is 87.7 cm³/mol. The molecule has 0 bridgehead atoms. The van der Waals surface area contributed by atoms with Gasteiger partial charge in [-0.1, -0.05) is 18.2 Å². The molecule has 0 aliphatic carbocycles. The molecule has 1 aromatic heterocycles. The maximum atomic E-state index is 13.1. The summed E-state index contributed by atoms with van der Waals surface area (Å²) in [5, 5.41) is 7.35. The normalized spacial score (nSPS) is 23.3. The van der Waals surface area contributed by atoms with Gasteiger partial charge in [0.05, 0.1) is 17.9 Å². The van der Waals surface area contributed by atoms with Crippen LogP contribution < -0.4 is 4.90 Å². The van der Waals surface area contributed by atoms with Crippen LogP contribution in [-0.4, -0.2) is 28.8 Å². The molecule has 5 nitrogen and oxygen atoms in total. The van der Waals surface area contributed by atoms with Crippen LogP contribution in [-0.2, 0) is 17.6 Å². The second-order valence-electron chi connectivity index (χ2n) is 6.45. The molecule has 2 atom stereocenters. The van der Waals surface area contributed by atoms with Crippen molar-refractivity contribution in [3.63, 3.8) is 0 Å². The fraction of sp³-hybridized carbons (Fsp3) is 0.444. The van der Waals surface area contributed by atoms with Crippen molar-refractivity contribution in [2.45, 2.75) is 45.3 Å². The third-order valence-corrected chi connectivity index (χ3v) is 4.79. The minimum absolute atomic E-state index is 0.00375. The highest BCUT2D eigenvalue weighted by molar-refractivity contribution is 6.06. The van der Waals surface area contributed by atoms with Crippen LogP contribution in [0.1, 0.15) is 53.7 Å². The number of fused-ring (bicyclic) bond motifs is 2. The predicted octanol–water partition coefficient (Wildman–Crippen LogP) is 3.02. The number of nitrogens with zero attached hydrogens (tertiary/aromatic N) is 2. The number of hydrogen-bond donors (Lipinski definition) is 1. The van der Waals surface area contributed by atoms with Gasteiger partial charge in [-0.2, -0.15) is 5.10 Å². The van der Waals surface area contributed by atoms with Crippen LogP contribution in [0.25, 0.3) is 0 Å². The Morgan fingerprint density at radius 1 is 1.35 bits per heavy atom. The molecule has 0 saturated heterocycles. The molecular formula is C18H21N3O2. The Hall–Kier alpha value is -2.14. The molecule has 0 saturated carbocycles. The van der Waals surface area contributed by atoms with Gasteiger partial charge in [0.2, 0.25) is 0 Å². The van der Waals surface area contributed by atoms with E-state index in [0.29, 0.717) is 5.69 Å². The van der Waals surface area contributed by atoms with Gasteiger partial charge in [-0.25, -0.2) is 0 Å². The van der Waals surface area contributed by atoms with E-state index >= 15 is 0 Å². The van der Waals surface area contributed by atoms with Crippen LogP contribution in [0.15, 0.2) is 24.3 Å². The summed E-state index contributed by atoms with van der Waals surface area (Å²) in [6.07, 6.45) is 2.81. The van der Waals surface area contributed by atoms with Crippen molar-refractivity contribution in [3.05, 3.63) is 46.8 Å². The average molecular weight is 311 g/mol. The standard InChI is InChI=1S/C18H21N3O2/c1-11-10-14-16(12(2)23-11)19-20-17(14)18(22)21-9-5-7-13-6-3-4-8-15(13)21/h3-4,6,8,11-12H,5,7,9-10H2,1-2H3,(H,19,20)/t11-,12+/m1/s1. The van der Waals surface area contributed by atoms with Gasteiger partial charge >= 0.3 is 0 Å². The van der Waals surface area contributed by atoms with Crippen LogP contribution in [0.2, 0.25) is 0 Å². The summed E-state index contributed by atoms with van der Waals surface area (Å²) in [6, 6.07) is 8.15. The topological polar surface area (TPSA) is 58.2 Å². The van der Waals surface area contributed by atoms with Crippen LogP contribution in [0.5, 0.6) is 0 Å². The monoisotopic (exact) mass is 311 g/mol. The molecule has 0 fully saturated rings. The molecule has 0 spiro atoms. The number of aromatic amines is 1. The molecule has 0 radical (unpaired) electrons. The Labute approximate surface area is 135 Å². The Kier molecular flexibility index (Phi) is 3.45. The van der Waals surface area contributed by atoms with Crippen LogP contribution >= 0.6 is 0 Å². The number of aryl methyl sites for hydroxylation is 1. The number of ether oxygens (including phenoxy) is 1. The Morgan fingerprint density at radius 3 is 3.04 bits per heavy atom. The maximum Gasteiger partial charge on any atom is 0.279 e. The molecule has 2 aromatic rings. The molecule has 120 valence electrons. The van der Waals surface area contributed by atoms with Crippen molar-refractivity contribution >= 4 is 11.6 Å². The van der Waals surface area contributed by atoms with Crippen LogP contribution in [0.4, 0.5) is 5.69 Å². The van der Waals surface area contributed by atoms with E-state index in [-0.39, 0.29) is 18.1 Å². The molecule has 23 heavy (non-hydrogen) atoms. The first-order valence-corrected chi connectivity index (χ1v) is 8.27. The Balaban J connectivity index is 1.72. The van der Waals surface area contributed by atoms with E-state index in [9.17, 15) is 4.79 Å². The summed E-state index contributed by atoms with van der Waals surface area (Å²) in [5.41, 5.74) is 4.77. The van der Waals surface area contributed by atoms with Gasteiger partial charge in [0.15, 0.2) is 5.69 Å². The Morgan fingerprint density at radius 2 is 2.17 bits per heavy atom. The van der Waals surface area contributed by atoms with Gasteiger partial charge in [-0.3, -0.25) is 9.89 Å². The summed E-state index contributed by atoms with van der Waals surface area (Å²) >= 11 is 0. The first kappa shape index (κ1) is 14.5. The van der Waals surface area contributed by atoms with E-state index in [2.05, 4.69) is 16.3 Å². The van der Waals surface area contributed by atoms with Gasteiger partial charge in [0.1, 0.15) is 0 Å².